The Hall–Kier alpha value is -1.55. The van der Waals surface area contributed by atoms with Crippen molar-refractivity contribution in [1.29, 1.82) is 0 Å². The number of carbonyl (C=O) groups excluding carboxylic acids is 1. The minimum absolute atomic E-state index is 0.0920. The molecule has 3 aliphatic carbocycles. The van der Waals surface area contributed by atoms with E-state index in [1.54, 1.807) is 7.11 Å². The van der Waals surface area contributed by atoms with Crippen LogP contribution in [0.25, 0.3) is 0 Å². The number of carbonyl (C=O) groups is 1. The van der Waals surface area contributed by atoms with Crippen LogP contribution in [-0.4, -0.2) is 31.4 Å². The Balaban J connectivity index is 1.72. The van der Waals surface area contributed by atoms with Crippen LogP contribution in [0.4, 0.5) is 0 Å². The molecule has 0 bridgehead atoms. The SMILES string of the molecule is COC(=O)c1cc2c(cc1OC)[C@H]1CC[C@]3(C)[C@@H](O)CC[C@H]3[C@@H]1CC2. The number of methoxy groups -OCH3 is 2. The van der Waals surface area contributed by atoms with E-state index < -0.39 is 0 Å². The van der Waals surface area contributed by atoms with Gasteiger partial charge in [0.1, 0.15) is 11.3 Å². The number of aryl methyl sites for hydroxylation is 1. The van der Waals surface area contributed by atoms with Gasteiger partial charge in [-0.15, -0.1) is 0 Å². The fraction of sp³-hybridized carbons (Fsp3) is 0.667. The zero-order valence-corrected chi connectivity index (χ0v) is 15.4. The van der Waals surface area contributed by atoms with E-state index in [2.05, 4.69) is 13.0 Å². The number of aliphatic hydroxyl groups is 1. The monoisotopic (exact) mass is 344 g/mol. The molecule has 0 aromatic heterocycles. The highest BCUT2D eigenvalue weighted by Gasteiger charge is 2.54. The first-order valence-corrected chi connectivity index (χ1v) is 9.46. The summed E-state index contributed by atoms with van der Waals surface area (Å²) in [7, 11) is 3.02. The molecule has 1 aromatic rings. The standard InChI is InChI=1S/C21H28O4/c1-21-9-8-13-14(17(21)6-7-19(21)22)5-4-12-10-16(20(23)25-3)18(24-2)11-15(12)13/h10-11,13-14,17,19,22H,4-9H2,1-3H3/t13-,14+,17-,19-,21-/m0/s1. The lowest BCUT2D eigenvalue weighted by atomic mass is 9.55. The minimum atomic E-state index is -0.336. The van der Waals surface area contributed by atoms with E-state index in [9.17, 15) is 9.90 Å². The third-order valence-electron chi connectivity index (χ3n) is 7.40. The van der Waals surface area contributed by atoms with Crippen molar-refractivity contribution in [3.8, 4) is 5.75 Å². The zero-order valence-electron chi connectivity index (χ0n) is 15.4. The summed E-state index contributed by atoms with van der Waals surface area (Å²) in [6, 6.07) is 4.06. The summed E-state index contributed by atoms with van der Waals surface area (Å²) in [6.45, 7) is 2.29. The maximum atomic E-state index is 12.1. The minimum Gasteiger partial charge on any atom is -0.496 e. The lowest BCUT2D eigenvalue weighted by molar-refractivity contribution is -0.0226. The molecule has 0 heterocycles. The molecule has 3 aliphatic rings. The number of rotatable bonds is 2. The maximum Gasteiger partial charge on any atom is 0.341 e. The van der Waals surface area contributed by atoms with Gasteiger partial charge in [0, 0.05) is 0 Å². The van der Waals surface area contributed by atoms with Gasteiger partial charge < -0.3 is 14.6 Å². The van der Waals surface area contributed by atoms with Gasteiger partial charge in [-0.1, -0.05) is 6.92 Å². The fourth-order valence-corrected chi connectivity index (χ4v) is 6.01. The summed E-state index contributed by atoms with van der Waals surface area (Å²) in [5.74, 6) is 2.05. The second-order valence-electron chi connectivity index (χ2n) is 8.30. The maximum absolute atomic E-state index is 12.1. The Bertz CT molecular complexity index is 697. The molecule has 4 nitrogen and oxygen atoms in total. The molecule has 4 heteroatoms. The van der Waals surface area contributed by atoms with Crippen molar-refractivity contribution < 1.29 is 19.4 Å². The van der Waals surface area contributed by atoms with Crippen LogP contribution in [0.5, 0.6) is 5.75 Å². The van der Waals surface area contributed by atoms with Crippen LogP contribution in [0.2, 0.25) is 0 Å². The van der Waals surface area contributed by atoms with Crippen molar-refractivity contribution >= 4 is 5.97 Å². The molecular formula is C21H28O4. The van der Waals surface area contributed by atoms with Gasteiger partial charge in [-0.25, -0.2) is 4.79 Å². The van der Waals surface area contributed by atoms with Crippen LogP contribution < -0.4 is 4.74 Å². The molecule has 0 spiro atoms. The predicted octanol–water partition coefficient (Wildman–Crippen LogP) is 3.70. The Kier molecular flexibility index (Phi) is 4.06. The third kappa shape index (κ3) is 2.41. The Morgan fingerprint density at radius 2 is 2.00 bits per heavy atom. The number of esters is 1. The van der Waals surface area contributed by atoms with Gasteiger partial charge in [-0.3, -0.25) is 0 Å². The van der Waals surface area contributed by atoms with Crippen molar-refractivity contribution in [2.24, 2.45) is 17.3 Å². The van der Waals surface area contributed by atoms with Crippen LogP contribution in [0.3, 0.4) is 0 Å². The van der Waals surface area contributed by atoms with Crippen LogP contribution in [-0.2, 0) is 11.2 Å². The van der Waals surface area contributed by atoms with Crippen molar-refractivity contribution in [2.45, 2.75) is 57.5 Å². The molecular weight excluding hydrogens is 316 g/mol. The highest BCUT2D eigenvalue weighted by molar-refractivity contribution is 5.93. The van der Waals surface area contributed by atoms with Gasteiger partial charge >= 0.3 is 5.97 Å². The average molecular weight is 344 g/mol. The first-order valence-electron chi connectivity index (χ1n) is 9.46. The van der Waals surface area contributed by atoms with Gasteiger partial charge in [0.05, 0.1) is 20.3 Å². The smallest absolute Gasteiger partial charge is 0.341 e. The molecule has 136 valence electrons. The summed E-state index contributed by atoms with van der Waals surface area (Å²) < 4.78 is 10.4. The highest BCUT2D eigenvalue weighted by atomic mass is 16.5. The summed E-state index contributed by atoms with van der Waals surface area (Å²) in [5.41, 5.74) is 3.24. The van der Waals surface area contributed by atoms with Crippen molar-refractivity contribution in [2.75, 3.05) is 14.2 Å². The number of aliphatic hydroxyl groups excluding tert-OH is 1. The summed E-state index contributed by atoms with van der Waals surface area (Å²) in [6.07, 6.45) is 6.29. The quantitative estimate of drug-likeness (QED) is 0.831. The predicted molar refractivity (Wildman–Crippen MR) is 95.0 cm³/mol. The van der Waals surface area contributed by atoms with Gasteiger partial charge in [-0.2, -0.15) is 0 Å². The van der Waals surface area contributed by atoms with Crippen molar-refractivity contribution in [1.82, 2.24) is 0 Å². The number of ether oxygens (including phenoxy) is 2. The van der Waals surface area contributed by atoms with E-state index in [1.165, 1.54) is 18.2 Å². The average Bonchev–Trinajstić information content (AvgIpc) is 2.94. The fourth-order valence-electron chi connectivity index (χ4n) is 6.01. The summed E-state index contributed by atoms with van der Waals surface area (Å²) in [5, 5.41) is 10.5. The van der Waals surface area contributed by atoms with Crippen molar-refractivity contribution in [3.63, 3.8) is 0 Å². The van der Waals surface area contributed by atoms with E-state index >= 15 is 0 Å². The molecule has 0 unspecified atom stereocenters. The topological polar surface area (TPSA) is 55.8 Å². The second-order valence-corrected chi connectivity index (χ2v) is 8.30. The molecule has 2 fully saturated rings. The van der Waals surface area contributed by atoms with Gasteiger partial charge in [0.15, 0.2) is 0 Å². The number of fused-ring (bicyclic) bond motifs is 5. The molecule has 0 radical (unpaired) electrons. The number of hydrogen-bond acceptors (Lipinski definition) is 4. The normalized spacial score (nSPS) is 36.2. The van der Waals surface area contributed by atoms with Crippen LogP contribution in [0.15, 0.2) is 12.1 Å². The van der Waals surface area contributed by atoms with Gasteiger partial charge in [-0.05, 0) is 85.0 Å². The molecule has 4 rings (SSSR count). The third-order valence-corrected chi connectivity index (χ3v) is 7.40. The first kappa shape index (κ1) is 16.9. The van der Waals surface area contributed by atoms with Crippen LogP contribution >= 0.6 is 0 Å². The summed E-state index contributed by atoms with van der Waals surface area (Å²) in [4.78, 5) is 12.1. The number of benzene rings is 1. The largest absolute Gasteiger partial charge is 0.496 e. The van der Waals surface area contributed by atoms with Crippen molar-refractivity contribution in [3.05, 3.63) is 28.8 Å². The Morgan fingerprint density at radius 1 is 1.20 bits per heavy atom. The van der Waals surface area contributed by atoms with E-state index in [0.29, 0.717) is 29.1 Å². The van der Waals surface area contributed by atoms with Gasteiger partial charge in [0.25, 0.3) is 0 Å². The molecule has 0 aliphatic heterocycles. The molecule has 25 heavy (non-hydrogen) atoms. The molecule has 1 N–H and O–H groups in total. The molecule has 2 saturated carbocycles. The van der Waals surface area contributed by atoms with Gasteiger partial charge in [0.2, 0.25) is 0 Å². The molecule has 1 aromatic carbocycles. The lowest BCUT2D eigenvalue weighted by Gasteiger charge is -2.50. The highest BCUT2D eigenvalue weighted by Crippen LogP contribution is 2.61. The Labute approximate surface area is 149 Å². The van der Waals surface area contributed by atoms with Crippen LogP contribution in [0, 0.1) is 17.3 Å². The lowest BCUT2D eigenvalue weighted by Crippen LogP contribution is -2.44. The van der Waals surface area contributed by atoms with Crippen LogP contribution in [0.1, 0.15) is 66.4 Å². The van der Waals surface area contributed by atoms with E-state index in [4.69, 9.17) is 9.47 Å². The van der Waals surface area contributed by atoms with E-state index in [1.807, 2.05) is 6.07 Å². The first-order chi connectivity index (χ1) is 12.0. The second kappa shape index (κ2) is 6.01. The molecule has 0 amide bonds. The Morgan fingerprint density at radius 3 is 2.72 bits per heavy atom. The number of hydrogen-bond donors (Lipinski definition) is 1. The van der Waals surface area contributed by atoms with E-state index in [-0.39, 0.29) is 17.5 Å². The molecule has 0 saturated heterocycles. The van der Waals surface area contributed by atoms with E-state index in [0.717, 1.165) is 38.5 Å². The molecule has 5 atom stereocenters. The summed E-state index contributed by atoms with van der Waals surface area (Å²) >= 11 is 0. The zero-order chi connectivity index (χ0) is 17.8.